The number of hydrogen-bond donors (Lipinski definition) is 1. The van der Waals surface area contributed by atoms with Gasteiger partial charge in [-0.1, -0.05) is 22.9 Å². The van der Waals surface area contributed by atoms with Crippen LogP contribution in [0.25, 0.3) is 10.2 Å². The van der Waals surface area contributed by atoms with Gasteiger partial charge in [0.2, 0.25) is 0 Å². The number of anilines is 1. The lowest BCUT2D eigenvalue weighted by Crippen LogP contribution is -1.79. The summed E-state index contributed by atoms with van der Waals surface area (Å²) in [6.45, 7) is 0. The second kappa shape index (κ2) is 3.01. The van der Waals surface area contributed by atoms with E-state index in [9.17, 15) is 0 Å². The van der Waals surface area contributed by atoms with Crippen LogP contribution in [0.5, 0.6) is 0 Å². The molecule has 0 radical (unpaired) electrons. The molecule has 0 unspecified atom stereocenters. The van der Waals surface area contributed by atoms with Crippen LogP contribution in [0.15, 0.2) is 12.1 Å². The number of halogens is 2. The normalized spacial score (nSPS) is 10.8. The van der Waals surface area contributed by atoms with E-state index >= 15 is 0 Å². The highest BCUT2D eigenvalue weighted by atomic mass is 127. The molecule has 5 heteroatoms. The van der Waals surface area contributed by atoms with E-state index in [0.29, 0.717) is 10.2 Å². The van der Waals surface area contributed by atoms with Gasteiger partial charge in [0.1, 0.15) is 5.52 Å². The summed E-state index contributed by atoms with van der Waals surface area (Å²) < 4.78 is 2.15. The van der Waals surface area contributed by atoms with Crippen LogP contribution in [0.4, 0.5) is 5.13 Å². The van der Waals surface area contributed by atoms with Crippen molar-refractivity contribution >= 4 is 60.9 Å². The minimum Gasteiger partial charge on any atom is -0.375 e. The summed E-state index contributed by atoms with van der Waals surface area (Å²) in [6.07, 6.45) is 0. The van der Waals surface area contributed by atoms with Crippen LogP contribution < -0.4 is 5.73 Å². The third-order valence-corrected chi connectivity index (χ3v) is 3.17. The first kappa shape index (κ1) is 8.52. The van der Waals surface area contributed by atoms with Gasteiger partial charge in [-0.25, -0.2) is 4.98 Å². The van der Waals surface area contributed by atoms with E-state index in [2.05, 4.69) is 27.6 Å². The Bertz CT molecular complexity index is 440. The van der Waals surface area contributed by atoms with Crippen LogP contribution in [0.3, 0.4) is 0 Å². The van der Waals surface area contributed by atoms with Crippen LogP contribution in [-0.4, -0.2) is 4.98 Å². The maximum Gasteiger partial charge on any atom is 0.181 e. The molecule has 0 amide bonds. The summed E-state index contributed by atoms with van der Waals surface area (Å²) in [5.41, 5.74) is 6.36. The smallest absolute Gasteiger partial charge is 0.181 e. The van der Waals surface area contributed by atoms with Crippen LogP contribution in [0, 0.1) is 3.57 Å². The van der Waals surface area contributed by atoms with Gasteiger partial charge in [0.05, 0.1) is 9.72 Å². The van der Waals surface area contributed by atoms with E-state index in [0.717, 1.165) is 13.8 Å². The van der Waals surface area contributed by atoms with Crippen molar-refractivity contribution in [2.45, 2.75) is 0 Å². The number of aromatic nitrogens is 1. The predicted molar refractivity (Wildman–Crippen MR) is 61.8 cm³/mol. The molecular weight excluding hydrogens is 307 g/mol. The Morgan fingerprint density at radius 2 is 2.25 bits per heavy atom. The zero-order chi connectivity index (χ0) is 8.72. The number of fused-ring (bicyclic) bond motifs is 1. The van der Waals surface area contributed by atoms with Crippen LogP contribution in [-0.2, 0) is 0 Å². The lowest BCUT2D eigenvalue weighted by Gasteiger charge is -1.92. The first-order valence-corrected chi connectivity index (χ1v) is 5.45. The fourth-order valence-corrected chi connectivity index (χ4v) is 3.11. The third kappa shape index (κ3) is 1.38. The Balaban J connectivity index is 2.88. The fraction of sp³-hybridized carbons (Fsp3) is 0. The molecular formula is C7H4ClIN2S. The standard InChI is InChI=1S/C7H4ClIN2S/c8-4-1-3(9)2-5-6(4)11-7(10)12-5/h1-2H,(H2,10,11). The van der Waals surface area contributed by atoms with Crippen molar-refractivity contribution in [3.05, 3.63) is 20.7 Å². The van der Waals surface area contributed by atoms with Gasteiger partial charge < -0.3 is 5.73 Å². The Kier molecular flexibility index (Phi) is 2.14. The summed E-state index contributed by atoms with van der Waals surface area (Å²) in [7, 11) is 0. The van der Waals surface area contributed by atoms with Crippen molar-refractivity contribution in [3.8, 4) is 0 Å². The van der Waals surface area contributed by atoms with Crippen molar-refractivity contribution in [2.24, 2.45) is 0 Å². The topological polar surface area (TPSA) is 38.9 Å². The van der Waals surface area contributed by atoms with Crippen molar-refractivity contribution < 1.29 is 0 Å². The van der Waals surface area contributed by atoms with Crippen LogP contribution in [0.1, 0.15) is 0 Å². The maximum absolute atomic E-state index is 5.96. The number of benzene rings is 1. The van der Waals surface area contributed by atoms with Gasteiger partial charge in [0, 0.05) is 3.57 Å². The minimum absolute atomic E-state index is 0.564. The highest BCUT2D eigenvalue weighted by Crippen LogP contribution is 2.31. The highest BCUT2D eigenvalue weighted by molar-refractivity contribution is 14.1. The summed E-state index contributed by atoms with van der Waals surface area (Å²) in [5, 5.41) is 1.23. The summed E-state index contributed by atoms with van der Waals surface area (Å²) in [5.74, 6) is 0. The molecule has 1 aromatic heterocycles. The van der Waals surface area contributed by atoms with E-state index < -0.39 is 0 Å². The van der Waals surface area contributed by atoms with Gasteiger partial charge in [-0.2, -0.15) is 0 Å². The lowest BCUT2D eigenvalue weighted by atomic mass is 10.3. The van der Waals surface area contributed by atoms with Crippen molar-refractivity contribution in [2.75, 3.05) is 5.73 Å². The molecule has 62 valence electrons. The Morgan fingerprint density at radius 1 is 1.50 bits per heavy atom. The lowest BCUT2D eigenvalue weighted by molar-refractivity contribution is 1.49. The van der Waals surface area contributed by atoms with E-state index in [4.69, 9.17) is 17.3 Å². The Labute approximate surface area is 91.9 Å². The van der Waals surface area contributed by atoms with Gasteiger partial charge in [-0.15, -0.1) is 0 Å². The molecule has 0 fully saturated rings. The van der Waals surface area contributed by atoms with Gasteiger partial charge in [0.25, 0.3) is 0 Å². The van der Waals surface area contributed by atoms with Crippen molar-refractivity contribution in [3.63, 3.8) is 0 Å². The number of rotatable bonds is 0. The molecule has 0 aliphatic heterocycles. The molecule has 1 aromatic carbocycles. The molecule has 0 saturated carbocycles. The van der Waals surface area contributed by atoms with Crippen LogP contribution in [0.2, 0.25) is 5.02 Å². The van der Waals surface area contributed by atoms with Crippen LogP contribution >= 0.6 is 45.5 Å². The van der Waals surface area contributed by atoms with E-state index in [1.165, 1.54) is 11.3 Å². The number of nitrogen functional groups attached to an aromatic ring is 1. The SMILES string of the molecule is Nc1nc2c(Cl)cc(I)cc2s1. The van der Waals surface area contributed by atoms with E-state index in [1.54, 1.807) is 0 Å². The number of hydrogen-bond acceptors (Lipinski definition) is 3. The summed E-state index contributed by atoms with van der Waals surface area (Å²) >= 11 is 9.63. The second-order valence-corrected chi connectivity index (χ2v) is 5.00. The Hall–Kier alpha value is -0.0700. The van der Waals surface area contributed by atoms with Crippen molar-refractivity contribution in [1.29, 1.82) is 0 Å². The predicted octanol–water partition coefficient (Wildman–Crippen LogP) is 3.14. The van der Waals surface area contributed by atoms with Gasteiger partial charge in [0.15, 0.2) is 5.13 Å². The highest BCUT2D eigenvalue weighted by Gasteiger charge is 2.05. The molecule has 2 aromatic rings. The minimum atomic E-state index is 0.564. The monoisotopic (exact) mass is 310 g/mol. The number of nitrogens with two attached hydrogens (primary N) is 1. The number of thiazole rings is 1. The summed E-state index contributed by atoms with van der Waals surface area (Å²) in [6, 6.07) is 3.90. The molecule has 0 saturated heterocycles. The average molecular weight is 311 g/mol. The van der Waals surface area contributed by atoms with Gasteiger partial charge in [-0.3, -0.25) is 0 Å². The largest absolute Gasteiger partial charge is 0.375 e. The molecule has 1 heterocycles. The molecule has 2 N–H and O–H groups in total. The van der Waals surface area contributed by atoms with E-state index in [1.807, 2.05) is 12.1 Å². The van der Waals surface area contributed by atoms with Gasteiger partial charge in [-0.05, 0) is 34.7 Å². The molecule has 0 spiro atoms. The molecule has 0 aliphatic carbocycles. The van der Waals surface area contributed by atoms with Crippen molar-refractivity contribution in [1.82, 2.24) is 4.98 Å². The zero-order valence-corrected chi connectivity index (χ0v) is 9.57. The van der Waals surface area contributed by atoms with E-state index in [-0.39, 0.29) is 0 Å². The molecule has 2 rings (SSSR count). The average Bonchev–Trinajstić information content (AvgIpc) is 2.29. The third-order valence-electron chi connectivity index (χ3n) is 1.43. The molecule has 0 bridgehead atoms. The number of nitrogens with zero attached hydrogens (tertiary/aromatic N) is 1. The molecule has 12 heavy (non-hydrogen) atoms. The zero-order valence-electron chi connectivity index (χ0n) is 5.84. The molecule has 0 aliphatic rings. The maximum atomic E-state index is 5.96. The Morgan fingerprint density at radius 3 is 3.00 bits per heavy atom. The molecule has 0 atom stereocenters. The first-order valence-electron chi connectivity index (χ1n) is 3.18. The first-order chi connectivity index (χ1) is 5.66. The molecule has 2 nitrogen and oxygen atoms in total. The van der Waals surface area contributed by atoms with Gasteiger partial charge >= 0.3 is 0 Å². The fourth-order valence-electron chi connectivity index (χ4n) is 0.974. The second-order valence-electron chi connectivity index (χ2n) is 2.29. The summed E-state index contributed by atoms with van der Waals surface area (Å²) in [4.78, 5) is 4.11. The quantitative estimate of drug-likeness (QED) is 0.759.